The zero-order valence-electron chi connectivity index (χ0n) is 19.0. The van der Waals surface area contributed by atoms with Crippen molar-refractivity contribution in [3.05, 3.63) is 51.9 Å². The van der Waals surface area contributed by atoms with Gasteiger partial charge in [0.2, 0.25) is 0 Å². The van der Waals surface area contributed by atoms with Crippen LogP contribution in [-0.2, 0) is 11.8 Å². The number of piperidine rings is 1. The number of rotatable bonds is 6. The number of pyridine rings is 2. The highest BCUT2D eigenvalue weighted by Crippen LogP contribution is 2.32. The van der Waals surface area contributed by atoms with E-state index in [9.17, 15) is 9.59 Å². The van der Waals surface area contributed by atoms with E-state index >= 15 is 0 Å². The summed E-state index contributed by atoms with van der Waals surface area (Å²) in [7, 11) is 1.65. The molecule has 1 fully saturated rings. The fraction of sp³-hybridized carbons (Fsp3) is 0.375. The lowest BCUT2D eigenvalue weighted by molar-refractivity contribution is -0.119. The van der Waals surface area contributed by atoms with E-state index in [1.54, 1.807) is 19.3 Å². The molecule has 2 aromatic heterocycles. The zero-order valence-corrected chi connectivity index (χ0v) is 19.7. The Balaban J connectivity index is 1.64. The normalized spacial score (nSPS) is 18.4. The number of ether oxygens (including phenoxy) is 1. The predicted octanol–water partition coefficient (Wildman–Crippen LogP) is 3.68. The molecule has 0 unspecified atom stereocenters. The topological polar surface area (TPSA) is 102 Å². The van der Waals surface area contributed by atoms with Crippen molar-refractivity contribution < 1.29 is 9.53 Å². The van der Waals surface area contributed by atoms with Crippen molar-refractivity contribution >= 4 is 45.6 Å². The maximum Gasteiger partial charge on any atom is 0.293 e. The van der Waals surface area contributed by atoms with Crippen LogP contribution in [0.1, 0.15) is 20.3 Å². The molecule has 1 aliphatic rings. The van der Waals surface area contributed by atoms with Gasteiger partial charge in [-0.25, -0.2) is 4.98 Å². The Hall–Kier alpha value is -3.26. The van der Waals surface area contributed by atoms with Crippen LogP contribution in [0.3, 0.4) is 0 Å². The number of nitrogens with one attached hydrogen (secondary N) is 1. The molecule has 1 aromatic carbocycles. The molecule has 0 saturated carbocycles. The summed E-state index contributed by atoms with van der Waals surface area (Å²) < 4.78 is 6.78. The first-order chi connectivity index (χ1) is 15.7. The Labute approximate surface area is 197 Å². The maximum absolute atomic E-state index is 12.5. The number of aromatic nitrogens is 2. The van der Waals surface area contributed by atoms with Crippen LogP contribution in [-0.4, -0.2) is 35.2 Å². The second kappa shape index (κ2) is 9.31. The first kappa shape index (κ1) is 22.9. The van der Waals surface area contributed by atoms with Gasteiger partial charge in [0.15, 0.2) is 12.4 Å². The Bertz CT molecular complexity index is 1250. The fourth-order valence-corrected chi connectivity index (χ4v) is 4.64. The number of aryl methyl sites for hydroxylation is 1. The average molecular weight is 470 g/mol. The Morgan fingerprint density at radius 1 is 1.24 bits per heavy atom. The van der Waals surface area contributed by atoms with Crippen LogP contribution in [0, 0.1) is 11.8 Å². The van der Waals surface area contributed by atoms with Gasteiger partial charge in [-0.3, -0.25) is 9.59 Å². The molecule has 2 atom stereocenters. The molecule has 3 heterocycles. The SMILES string of the molecule is C[C@@H]1C[C@H](C)CN(c2cc(Nc3ccc4c(c3)cc(OCC(N)=O)c(=O)n4C)c(Cl)cn2)C1. The molecule has 4 rings (SSSR count). The van der Waals surface area contributed by atoms with Gasteiger partial charge < -0.3 is 25.3 Å². The van der Waals surface area contributed by atoms with Crippen molar-refractivity contribution in [2.75, 3.05) is 29.9 Å². The van der Waals surface area contributed by atoms with Crippen molar-refractivity contribution in [3.63, 3.8) is 0 Å². The first-order valence-corrected chi connectivity index (χ1v) is 11.3. The quantitative estimate of drug-likeness (QED) is 0.571. The van der Waals surface area contributed by atoms with Crippen LogP contribution in [0.2, 0.25) is 5.02 Å². The number of benzene rings is 1. The number of anilines is 3. The Kier molecular flexibility index (Phi) is 6.47. The first-order valence-electron chi connectivity index (χ1n) is 10.9. The molecule has 0 radical (unpaired) electrons. The van der Waals surface area contributed by atoms with E-state index in [4.69, 9.17) is 22.1 Å². The van der Waals surface area contributed by atoms with Gasteiger partial charge in [-0.2, -0.15) is 0 Å². The summed E-state index contributed by atoms with van der Waals surface area (Å²) in [4.78, 5) is 30.4. The number of halogens is 1. The summed E-state index contributed by atoms with van der Waals surface area (Å²) in [6.07, 6.45) is 2.89. The molecule has 8 nitrogen and oxygen atoms in total. The molecule has 0 bridgehead atoms. The molecule has 1 amide bonds. The average Bonchev–Trinajstić information content (AvgIpc) is 2.76. The second-order valence-electron chi connectivity index (χ2n) is 8.90. The van der Waals surface area contributed by atoms with Crippen molar-refractivity contribution in [2.45, 2.75) is 20.3 Å². The molecule has 3 N–H and O–H groups in total. The number of nitrogens with zero attached hydrogens (tertiary/aromatic N) is 3. The largest absolute Gasteiger partial charge is 0.478 e. The van der Waals surface area contributed by atoms with Gasteiger partial charge in [-0.1, -0.05) is 25.4 Å². The molecule has 0 spiro atoms. The fourth-order valence-electron chi connectivity index (χ4n) is 4.49. The van der Waals surface area contributed by atoms with Gasteiger partial charge in [0, 0.05) is 37.3 Å². The highest BCUT2D eigenvalue weighted by Gasteiger charge is 2.23. The zero-order chi connectivity index (χ0) is 23.7. The second-order valence-corrected chi connectivity index (χ2v) is 9.31. The van der Waals surface area contributed by atoms with Crippen LogP contribution in [0.15, 0.2) is 41.3 Å². The van der Waals surface area contributed by atoms with E-state index in [2.05, 4.69) is 29.0 Å². The Morgan fingerprint density at radius 2 is 1.97 bits per heavy atom. The van der Waals surface area contributed by atoms with Gasteiger partial charge in [0.1, 0.15) is 5.82 Å². The summed E-state index contributed by atoms with van der Waals surface area (Å²) in [6.45, 7) is 6.11. The lowest BCUT2D eigenvalue weighted by Crippen LogP contribution is -2.39. The number of amides is 1. The van der Waals surface area contributed by atoms with E-state index in [0.29, 0.717) is 16.9 Å². The smallest absolute Gasteiger partial charge is 0.293 e. The maximum atomic E-state index is 12.5. The number of nitrogens with two attached hydrogens (primary N) is 1. The van der Waals surface area contributed by atoms with E-state index in [0.717, 1.165) is 41.2 Å². The molecule has 1 aliphatic heterocycles. The van der Waals surface area contributed by atoms with Crippen molar-refractivity contribution in [1.29, 1.82) is 0 Å². The number of carbonyl (C=O) groups excluding carboxylic acids is 1. The molecule has 9 heteroatoms. The van der Waals surface area contributed by atoms with Crippen molar-refractivity contribution in [2.24, 2.45) is 24.6 Å². The van der Waals surface area contributed by atoms with Gasteiger partial charge in [0.25, 0.3) is 11.5 Å². The third kappa shape index (κ3) is 5.06. The monoisotopic (exact) mass is 469 g/mol. The van der Waals surface area contributed by atoms with E-state index in [-0.39, 0.29) is 17.9 Å². The predicted molar refractivity (Wildman–Crippen MR) is 132 cm³/mol. The molecule has 33 heavy (non-hydrogen) atoms. The third-order valence-electron chi connectivity index (χ3n) is 5.87. The van der Waals surface area contributed by atoms with Crippen LogP contribution >= 0.6 is 11.6 Å². The minimum atomic E-state index is -0.645. The third-order valence-corrected chi connectivity index (χ3v) is 6.17. The standard InChI is InChI=1S/C24H28ClN5O3/c1-14-6-15(2)12-30(11-14)23-9-19(18(25)10-27-23)28-17-4-5-20-16(7-17)8-21(24(32)29(20)3)33-13-22(26)31/h4-5,7-10,14-15H,6,11-13H2,1-3H3,(H2,26,31)(H,27,28)/t14-,15+. The summed E-state index contributed by atoms with van der Waals surface area (Å²) in [5, 5.41) is 4.65. The van der Waals surface area contributed by atoms with E-state index in [1.807, 2.05) is 24.3 Å². The number of carbonyl (C=O) groups is 1. The van der Waals surface area contributed by atoms with Crippen LogP contribution < -0.4 is 26.2 Å². The minimum Gasteiger partial charge on any atom is -0.478 e. The Morgan fingerprint density at radius 3 is 2.67 bits per heavy atom. The summed E-state index contributed by atoms with van der Waals surface area (Å²) in [5.74, 6) is 1.54. The van der Waals surface area contributed by atoms with Gasteiger partial charge in [-0.15, -0.1) is 0 Å². The summed E-state index contributed by atoms with van der Waals surface area (Å²) >= 11 is 6.45. The lowest BCUT2D eigenvalue weighted by Gasteiger charge is -2.36. The molecule has 3 aromatic rings. The molecule has 0 aliphatic carbocycles. The molecular weight excluding hydrogens is 442 g/mol. The van der Waals surface area contributed by atoms with Crippen LogP contribution in [0.5, 0.6) is 5.75 Å². The minimum absolute atomic E-state index is 0.0681. The number of hydrogen-bond donors (Lipinski definition) is 2. The van der Waals surface area contributed by atoms with Crippen LogP contribution in [0.25, 0.3) is 10.9 Å². The van der Waals surface area contributed by atoms with Crippen molar-refractivity contribution in [1.82, 2.24) is 9.55 Å². The molecular formula is C24H28ClN5O3. The highest BCUT2D eigenvalue weighted by molar-refractivity contribution is 6.33. The highest BCUT2D eigenvalue weighted by atomic mass is 35.5. The molecule has 174 valence electrons. The number of fused-ring (bicyclic) bond motifs is 1. The lowest BCUT2D eigenvalue weighted by atomic mass is 9.92. The van der Waals surface area contributed by atoms with Crippen LogP contribution in [0.4, 0.5) is 17.2 Å². The van der Waals surface area contributed by atoms with E-state index in [1.165, 1.54) is 11.0 Å². The number of primary amides is 1. The van der Waals surface area contributed by atoms with Crippen molar-refractivity contribution in [3.8, 4) is 5.75 Å². The molecule has 1 saturated heterocycles. The van der Waals surface area contributed by atoms with E-state index < -0.39 is 5.91 Å². The van der Waals surface area contributed by atoms with Gasteiger partial charge >= 0.3 is 0 Å². The number of hydrogen-bond acceptors (Lipinski definition) is 6. The summed E-state index contributed by atoms with van der Waals surface area (Å²) in [5.41, 5.74) is 7.08. The summed E-state index contributed by atoms with van der Waals surface area (Å²) in [6, 6.07) is 9.21. The van der Waals surface area contributed by atoms with Gasteiger partial charge in [-0.05, 0) is 42.5 Å². The van der Waals surface area contributed by atoms with Gasteiger partial charge in [0.05, 0.1) is 22.4 Å².